The van der Waals surface area contributed by atoms with Crippen LogP contribution in [0.4, 0.5) is 10.1 Å². The minimum Gasteiger partial charge on any atom is -0.311 e. The molecule has 0 unspecified atom stereocenters. The summed E-state index contributed by atoms with van der Waals surface area (Å²) in [6.07, 6.45) is 1.94. The highest BCUT2D eigenvalue weighted by molar-refractivity contribution is 7.92. The molecule has 1 N–H and O–H groups in total. The summed E-state index contributed by atoms with van der Waals surface area (Å²) in [7, 11) is -3.79. The quantitative estimate of drug-likeness (QED) is 0.778. The van der Waals surface area contributed by atoms with Gasteiger partial charge in [0.25, 0.3) is 10.0 Å². The largest absolute Gasteiger partial charge is 0.311 e. The van der Waals surface area contributed by atoms with Gasteiger partial charge in [0, 0.05) is 24.2 Å². The van der Waals surface area contributed by atoms with Crippen LogP contribution in [0.3, 0.4) is 0 Å². The van der Waals surface area contributed by atoms with Gasteiger partial charge in [0.2, 0.25) is 0 Å². The Balaban J connectivity index is 1.64. The Morgan fingerprint density at radius 3 is 2.68 bits per heavy atom. The standard InChI is InChI=1S/C17H15FN4O2S/c18-13-6-8-15(9-7-13)25(23,24)21-14-4-1-3-12(11-14)17-20-19-16-5-2-10-22(16)17/h1,3-4,6-9,11,21H,2,5,10H2. The lowest BCUT2D eigenvalue weighted by molar-refractivity contribution is 0.599. The van der Waals surface area contributed by atoms with Crippen LogP contribution in [-0.4, -0.2) is 23.2 Å². The molecule has 2 heterocycles. The lowest BCUT2D eigenvalue weighted by atomic mass is 10.2. The van der Waals surface area contributed by atoms with Crippen LogP contribution >= 0.6 is 0 Å². The number of fused-ring (bicyclic) bond motifs is 1. The topological polar surface area (TPSA) is 76.9 Å². The molecule has 0 bridgehead atoms. The van der Waals surface area contributed by atoms with Crippen molar-refractivity contribution in [2.45, 2.75) is 24.3 Å². The monoisotopic (exact) mass is 358 g/mol. The second kappa shape index (κ2) is 5.96. The van der Waals surface area contributed by atoms with Crippen molar-refractivity contribution in [1.82, 2.24) is 14.8 Å². The van der Waals surface area contributed by atoms with Crippen molar-refractivity contribution in [3.63, 3.8) is 0 Å². The average molecular weight is 358 g/mol. The van der Waals surface area contributed by atoms with Crippen molar-refractivity contribution in [3.8, 4) is 11.4 Å². The molecular formula is C17H15FN4O2S. The van der Waals surface area contributed by atoms with E-state index >= 15 is 0 Å². The van der Waals surface area contributed by atoms with E-state index in [2.05, 4.69) is 14.9 Å². The van der Waals surface area contributed by atoms with Gasteiger partial charge in [-0.15, -0.1) is 10.2 Å². The summed E-state index contributed by atoms with van der Waals surface area (Å²) < 4.78 is 42.4. The first kappa shape index (κ1) is 15.8. The summed E-state index contributed by atoms with van der Waals surface area (Å²) in [4.78, 5) is 0.00247. The number of anilines is 1. The van der Waals surface area contributed by atoms with Crippen LogP contribution in [-0.2, 0) is 23.0 Å². The Hall–Kier alpha value is -2.74. The van der Waals surface area contributed by atoms with Gasteiger partial charge in [0.05, 0.1) is 4.90 Å². The van der Waals surface area contributed by atoms with E-state index in [1.54, 1.807) is 18.2 Å². The molecule has 0 aliphatic carbocycles. The lowest BCUT2D eigenvalue weighted by Crippen LogP contribution is -2.13. The van der Waals surface area contributed by atoms with Crippen LogP contribution in [0.25, 0.3) is 11.4 Å². The summed E-state index contributed by atoms with van der Waals surface area (Å²) in [5.74, 6) is 1.20. The van der Waals surface area contributed by atoms with Crippen molar-refractivity contribution < 1.29 is 12.8 Å². The minimum absolute atomic E-state index is 0.00247. The van der Waals surface area contributed by atoms with Gasteiger partial charge in [-0.1, -0.05) is 12.1 Å². The normalized spacial score (nSPS) is 13.6. The SMILES string of the molecule is O=S(=O)(Nc1cccc(-c2nnc3n2CCC3)c1)c1ccc(F)cc1. The first-order chi connectivity index (χ1) is 12.0. The molecule has 0 radical (unpaired) electrons. The van der Waals surface area contributed by atoms with E-state index in [9.17, 15) is 12.8 Å². The number of nitrogens with zero attached hydrogens (tertiary/aromatic N) is 3. The number of halogens is 1. The average Bonchev–Trinajstić information content (AvgIpc) is 3.18. The van der Waals surface area contributed by atoms with Crippen LogP contribution in [0.1, 0.15) is 12.2 Å². The summed E-state index contributed by atoms with van der Waals surface area (Å²) in [5, 5.41) is 8.38. The summed E-state index contributed by atoms with van der Waals surface area (Å²) in [6, 6.07) is 11.7. The molecule has 8 heteroatoms. The Morgan fingerprint density at radius 1 is 1.08 bits per heavy atom. The fraction of sp³-hybridized carbons (Fsp3) is 0.176. The third kappa shape index (κ3) is 3.00. The van der Waals surface area contributed by atoms with Gasteiger partial charge >= 0.3 is 0 Å². The smallest absolute Gasteiger partial charge is 0.261 e. The lowest BCUT2D eigenvalue weighted by Gasteiger charge is -2.10. The molecule has 0 atom stereocenters. The number of hydrogen-bond donors (Lipinski definition) is 1. The van der Waals surface area contributed by atoms with Gasteiger partial charge < -0.3 is 4.57 Å². The molecule has 0 saturated carbocycles. The van der Waals surface area contributed by atoms with Crippen LogP contribution in [0.5, 0.6) is 0 Å². The Morgan fingerprint density at radius 2 is 1.88 bits per heavy atom. The van der Waals surface area contributed by atoms with Crippen molar-refractivity contribution >= 4 is 15.7 Å². The second-order valence-electron chi connectivity index (χ2n) is 5.84. The molecule has 6 nitrogen and oxygen atoms in total. The predicted molar refractivity (Wildman–Crippen MR) is 91.0 cm³/mol. The van der Waals surface area contributed by atoms with Crippen molar-refractivity contribution in [3.05, 3.63) is 60.2 Å². The van der Waals surface area contributed by atoms with E-state index in [-0.39, 0.29) is 4.90 Å². The van der Waals surface area contributed by atoms with Crippen LogP contribution < -0.4 is 4.72 Å². The third-order valence-electron chi connectivity index (χ3n) is 4.11. The molecule has 2 aromatic carbocycles. The second-order valence-corrected chi connectivity index (χ2v) is 7.52. The van der Waals surface area contributed by atoms with Gasteiger partial charge in [0.15, 0.2) is 5.82 Å². The maximum atomic E-state index is 13.0. The van der Waals surface area contributed by atoms with E-state index < -0.39 is 15.8 Å². The van der Waals surface area contributed by atoms with Gasteiger partial charge in [0.1, 0.15) is 11.6 Å². The number of aromatic nitrogens is 3. The number of aryl methyl sites for hydroxylation is 1. The molecule has 1 aliphatic heterocycles. The molecule has 0 fully saturated rings. The highest BCUT2D eigenvalue weighted by Gasteiger charge is 2.19. The highest BCUT2D eigenvalue weighted by Crippen LogP contribution is 2.26. The van der Waals surface area contributed by atoms with E-state index in [0.717, 1.165) is 48.7 Å². The first-order valence-electron chi connectivity index (χ1n) is 7.84. The van der Waals surface area contributed by atoms with Gasteiger partial charge in [-0.25, -0.2) is 12.8 Å². The number of benzene rings is 2. The van der Waals surface area contributed by atoms with Crippen LogP contribution in [0.15, 0.2) is 53.4 Å². The Kier molecular flexibility index (Phi) is 3.76. The van der Waals surface area contributed by atoms with Gasteiger partial charge in [-0.2, -0.15) is 0 Å². The van der Waals surface area contributed by atoms with E-state index in [0.29, 0.717) is 5.69 Å². The van der Waals surface area contributed by atoms with Gasteiger partial charge in [-0.3, -0.25) is 4.72 Å². The number of nitrogens with one attached hydrogen (secondary N) is 1. The number of rotatable bonds is 4. The first-order valence-corrected chi connectivity index (χ1v) is 9.32. The van der Waals surface area contributed by atoms with Gasteiger partial charge in [-0.05, 0) is 42.8 Å². The fourth-order valence-electron chi connectivity index (χ4n) is 2.91. The zero-order chi connectivity index (χ0) is 17.4. The highest BCUT2D eigenvalue weighted by atomic mass is 32.2. The number of sulfonamides is 1. The summed E-state index contributed by atoms with van der Waals surface area (Å²) in [5.41, 5.74) is 1.21. The molecule has 1 aliphatic rings. The fourth-order valence-corrected chi connectivity index (χ4v) is 3.96. The zero-order valence-corrected chi connectivity index (χ0v) is 14.0. The molecule has 25 heavy (non-hydrogen) atoms. The maximum absolute atomic E-state index is 13.0. The summed E-state index contributed by atoms with van der Waals surface area (Å²) >= 11 is 0. The van der Waals surface area contributed by atoms with E-state index in [1.807, 2.05) is 10.6 Å². The molecular weight excluding hydrogens is 343 g/mol. The summed E-state index contributed by atoms with van der Waals surface area (Å²) in [6.45, 7) is 0.864. The molecule has 128 valence electrons. The van der Waals surface area contributed by atoms with Crippen molar-refractivity contribution in [1.29, 1.82) is 0 Å². The van der Waals surface area contributed by atoms with Crippen molar-refractivity contribution in [2.24, 2.45) is 0 Å². The molecule has 3 aromatic rings. The van der Waals surface area contributed by atoms with E-state index in [4.69, 9.17) is 0 Å². The van der Waals surface area contributed by atoms with Crippen LogP contribution in [0, 0.1) is 5.82 Å². The zero-order valence-electron chi connectivity index (χ0n) is 13.2. The van der Waals surface area contributed by atoms with Crippen LogP contribution in [0.2, 0.25) is 0 Å². The Labute approximate surface area is 144 Å². The molecule has 0 amide bonds. The molecule has 1 aromatic heterocycles. The van der Waals surface area contributed by atoms with Crippen molar-refractivity contribution in [2.75, 3.05) is 4.72 Å². The van der Waals surface area contributed by atoms with E-state index in [1.165, 1.54) is 12.1 Å². The predicted octanol–water partition coefficient (Wildman–Crippen LogP) is 2.83. The Bertz CT molecular complexity index is 1030. The number of hydrogen-bond acceptors (Lipinski definition) is 4. The molecule has 0 saturated heterocycles. The minimum atomic E-state index is -3.79. The maximum Gasteiger partial charge on any atom is 0.261 e. The molecule has 4 rings (SSSR count). The molecule has 0 spiro atoms. The third-order valence-corrected chi connectivity index (χ3v) is 5.50.